The Morgan fingerprint density at radius 3 is 3.05 bits per heavy atom. The number of carbonyl (C=O) groups is 1. The highest BCUT2D eigenvalue weighted by atomic mass is 16.4. The minimum atomic E-state index is -0.00436. The first-order valence-corrected chi connectivity index (χ1v) is 7.19. The molecule has 0 bridgehead atoms. The van der Waals surface area contributed by atoms with Crippen LogP contribution < -0.4 is 15.5 Å². The average Bonchev–Trinajstić information content (AvgIpc) is 2.97. The van der Waals surface area contributed by atoms with E-state index < -0.39 is 0 Å². The Labute approximate surface area is 119 Å². The van der Waals surface area contributed by atoms with Crippen LogP contribution >= 0.6 is 0 Å². The molecule has 112 valence electrons. The van der Waals surface area contributed by atoms with Gasteiger partial charge < -0.3 is 20.0 Å². The zero-order valence-corrected chi connectivity index (χ0v) is 12.3. The number of hydrogen-bond acceptors (Lipinski definition) is 6. The molecule has 2 rings (SSSR count). The monoisotopic (exact) mass is 281 g/mol. The second kappa shape index (κ2) is 6.69. The van der Waals surface area contributed by atoms with Crippen molar-refractivity contribution in [3.8, 4) is 0 Å². The molecule has 1 aliphatic heterocycles. The van der Waals surface area contributed by atoms with Crippen LogP contribution in [0, 0.1) is 5.92 Å². The summed E-state index contributed by atoms with van der Waals surface area (Å²) in [5, 5.41) is 14.1. The van der Waals surface area contributed by atoms with Crippen LogP contribution in [0.3, 0.4) is 0 Å². The molecular formula is C13H23N5O2. The Kier molecular flexibility index (Phi) is 4.94. The molecule has 1 amide bonds. The van der Waals surface area contributed by atoms with Crippen molar-refractivity contribution in [3.05, 3.63) is 5.89 Å². The van der Waals surface area contributed by atoms with Gasteiger partial charge in [0, 0.05) is 20.1 Å². The number of amides is 1. The van der Waals surface area contributed by atoms with Crippen molar-refractivity contribution in [2.45, 2.75) is 32.7 Å². The van der Waals surface area contributed by atoms with E-state index in [-0.39, 0.29) is 17.9 Å². The normalized spacial score (nSPS) is 20.8. The third kappa shape index (κ3) is 3.27. The first kappa shape index (κ1) is 14.8. The smallest absolute Gasteiger partial charge is 0.318 e. The second-order valence-electron chi connectivity index (χ2n) is 5.10. The molecule has 7 nitrogen and oxygen atoms in total. The quantitative estimate of drug-likeness (QED) is 0.826. The summed E-state index contributed by atoms with van der Waals surface area (Å²) in [4.78, 5) is 13.7. The van der Waals surface area contributed by atoms with Gasteiger partial charge in [-0.3, -0.25) is 4.79 Å². The van der Waals surface area contributed by atoms with E-state index in [0.29, 0.717) is 18.5 Å². The predicted octanol–water partition coefficient (Wildman–Crippen LogP) is 0.702. The van der Waals surface area contributed by atoms with Crippen LogP contribution in [0.1, 0.15) is 38.6 Å². The molecular weight excluding hydrogens is 258 g/mol. The lowest BCUT2D eigenvalue weighted by molar-refractivity contribution is -0.124. The third-order valence-electron chi connectivity index (χ3n) is 3.62. The van der Waals surface area contributed by atoms with E-state index >= 15 is 0 Å². The molecule has 0 aromatic carbocycles. The number of piperidine rings is 1. The van der Waals surface area contributed by atoms with E-state index in [1.807, 2.05) is 18.7 Å². The lowest BCUT2D eigenvalue weighted by Gasteiger charge is -2.30. The molecule has 2 unspecified atom stereocenters. The van der Waals surface area contributed by atoms with Crippen LogP contribution in [0.5, 0.6) is 0 Å². The highest BCUT2D eigenvalue weighted by Gasteiger charge is 2.28. The molecule has 0 spiro atoms. The van der Waals surface area contributed by atoms with Gasteiger partial charge in [0.05, 0.1) is 12.0 Å². The molecule has 2 heterocycles. The number of carbonyl (C=O) groups excluding carboxylic acids is 1. The first-order valence-electron chi connectivity index (χ1n) is 7.19. The number of aromatic nitrogens is 2. The summed E-state index contributed by atoms with van der Waals surface area (Å²) >= 11 is 0. The van der Waals surface area contributed by atoms with Gasteiger partial charge >= 0.3 is 6.01 Å². The summed E-state index contributed by atoms with van der Waals surface area (Å²) in [6.07, 6.45) is 1.86. The summed E-state index contributed by atoms with van der Waals surface area (Å²) in [7, 11) is 1.67. The van der Waals surface area contributed by atoms with E-state index in [4.69, 9.17) is 4.42 Å². The Morgan fingerprint density at radius 1 is 1.55 bits per heavy atom. The van der Waals surface area contributed by atoms with Crippen LogP contribution in [-0.2, 0) is 4.79 Å². The molecule has 1 aromatic heterocycles. The number of rotatable bonds is 5. The summed E-state index contributed by atoms with van der Waals surface area (Å²) in [5.41, 5.74) is 0. The van der Waals surface area contributed by atoms with Gasteiger partial charge in [-0.25, -0.2) is 0 Å². The molecule has 0 saturated carbocycles. The maximum absolute atomic E-state index is 11.7. The van der Waals surface area contributed by atoms with Crippen molar-refractivity contribution in [2.75, 3.05) is 31.6 Å². The molecule has 0 radical (unpaired) electrons. The van der Waals surface area contributed by atoms with Gasteiger partial charge in [0.15, 0.2) is 0 Å². The lowest BCUT2D eigenvalue weighted by atomic mass is 9.97. The van der Waals surface area contributed by atoms with Gasteiger partial charge in [-0.05, 0) is 26.3 Å². The van der Waals surface area contributed by atoms with Crippen molar-refractivity contribution in [1.29, 1.82) is 0 Å². The fourth-order valence-corrected chi connectivity index (χ4v) is 2.49. The van der Waals surface area contributed by atoms with Gasteiger partial charge in [0.25, 0.3) is 0 Å². The van der Waals surface area contributed by atoms with E-state index in [9.17, 15) is 4.79 Å². The second-order valence-corrected chi connectivity index (χ2v) is 5.10. The maximum atomic E-state index is 11.7. The van der Waals surface area contributed by atoms with Crippen LogP contribution in [0.2, 0.25) is 0 Å². The summed E-state index contributed by atoms with van der Waals surface area (Å²) < 4.78 is 5.71. The van der Waals surface area contributed by atoms with Gasteiger partial charge in [0.2, 0.25) is 11.8 Å². The van der Waals surface area contributed by atoms with Gasteiger partial charge in [-0.1, -0.05) is 12.0 Å². The molecule has 7 heteroatoms. The van der Waals surface area contributed by atoms with Crippen molar-refractivity contribution in [3.63, 3.8) is 0 Å². The van der Waals surface area contributed by atoms with E-state index in [1.165, 1.54) is 0 Å². The van der Waals surface area contributed by atoms with Crippen molar-refractivity contribution < 1.29 is 9.21 Å². The molecule has 1 fully saturated rings. The largest absolute Gasteiger partial charge is 0.406 e. The summed E-state index contributed by atoms with van der Waals surface area (Å²) in [6.45, 7) is 6.36. The topological polar surface area (TPSA) is 83.3 Å². The Hall–Kier alpha value is -1.63. The number of nitrogens with one attached hydrogen (secondary N) is 2. The van der Waals surface area contributed by atoms with Gasteiger partial charge in [-0.15, -0.1) is 5.10 Å². The molecule has 2 N–H and O–H groups in total. The van der Waals surface area contributed by atoms with Crippen LogP contribution in [0.4, 0.5) is 6.01 Å². The zero-order chi connectivity index (χ0) is 14.5. The highest BCUT2D eigenvalue weighted by Crippen LogP contribution is 2.23. The Balaban J connectivity index is 2.02. The molecule has 2 atom stereocenters. The van der Waals surface area contributed by atoms with E-state index in [0.717, 1.165) is 25.9 Å². The summed E-state index contributed by atoms with van der Waals surface area (Å²) in [6, 6.07) is 0.555. The van der Waals surface area contributed by atoms with Crippen molar-refractivity contribution in [2.24, 2.45) is 5.92 Å². The molecule has 1 aromatic rings. The highest BCUT2D eigenvalue weighted by molar-refractivity contribution is 5.79. The fourth-order valence-electron chi connectivity index (χ4n) is 2.49. The average molecular weight is 281 g/mol. The number of anilines is 1. The third-order valence-corrected chi connectivity index (χ3v) is 3.62. The van der Waals surface area contributed by atoms with E-state index in [2.05, 4.69) is 20.8 Å². The SMILES string of the molecule is CCNC(C)c1nnc(N2CCCC(C(=O)NC)C2)o1. The maximum Gasteiger partial charge on any atom is 0.318 e. The standard InChI is InChI=1S/C13H23N5O2/c1-4-15-9(2)12-16-17-13(20-12)18-7-5-6-10(8-18)11(19)14-3/h9-10,15H,4-8H2,1-3H3,(H,14,19). The lowest BCUT2D eigenvalue weighted by Crippen LogP contribution is -2.42. The number of hydrogen-bond donors (Lipinski definition) is 2. The Morgan fingerprint density at radius 2 is 2.35 bits per heavy atom. The molecule has 20 heavy (non-hydrogen) atoms. The first-order chi connectivity index (χ1) is 9.65. The molecule has 0 aliphatic carbocycles. The Bertz CT molecular complexity index is 448. The van der Waals surface area contributed by atoms with Crippen LogP contribution in [-0.4, -0.2) is 42.8 Å². The van der Waals surface area contributed by atoms with Gasteiger partial charge in [-0.2, -0.15) is 0 Å². The van der Waals surface area contributed by atoms with Gasteiger partial charge in [0.1, 0.15) is 0 Å². The minimum absolute atomic E-state index is 0.00436. The van der Waals surface area contributed by atoms with Crippen LogP contribution in [0.25, 0.3) is 0 Å². The van der Waals surface area contributed by atoms with Crippen LogP contribution in [0.15, 0.2) is 4.42 Å². The fraction of sp³-hybridized carbons (Fsp3) is 0.769. The van der Waals surface area contributed by atoms with Crippen molar-refractivity contribution in [1.82, 2.24) is 20.8 Å². The van der Waals surface area contributed by atoms with Crippen molar-refractivity contribution >= 4 is 11.9 Å². The molecule has 1 saturated heterocycles. The summed E-state index contributed by atoms with van der Waals surface area (Å²) in [5.74, 6) is 0.662. The molecule has 1 aliphatic rings. The van der Waals surface area contributed by atoms with E-state index in [1.54, 1.807) is 7.05 Å². The minimum Gasteiger partial charge on any atom is -0.406 e. The predicted molar refractivity (Wildman–Crippen MR) is 75.4 cm³/mol. The zero-order valence-electron chi connectivity index (χ0n) is 12.3. The number of nitrogens with zero attached hydrogens (tertiary/aromatic N) is 3.